The molecule has 25 heavy (non-hydrogen) atoms. The van der Waals surface area contributed by atoms with Crippen molar-refractivity contribution in [2.45, 2.75) is 19.3 Å². The second-order valence-electron chi connectivity index (χ2n) is 7.04. The first kappa shape index (κ1) is 16.0. The zero-order valence-corrected chi connectivity index (χ0v) is 14.6. The predicted octanol–water partition coefficient (Wildman–Crippen LogP) is 3.77. The van der Waals surface area contributed by atoms with Gasteiger partial charge in [-0.3, -0.25) is 4.79 Å². The Balaban J connectivity index is 1.31. The van der Waals surface area contributed by atoms with E-state index in [1.165, 1.54) is 12.1 Å². The van der Waals surface area contributed by atoms with E-state index in [9.17, 15) is 4.79 Å². The number of rotatable bonds is 4. The Morgan fingerprint density at radius 1 is 1.08 bits per heavy atom. The van der Waals surface area contributed by atoms with Crippen LogP contribution in [0.2, 0.25) is 0 Å². The molecule has 4 rings (SSSR count). The number of piperazine rings is 1. The van der Waals surface area contributed by atoms with Crippen LogP contribution in [0.5, 0.6) is 0 Å². The number of para-hydroxylation sites is 1. The largest absolute Gasteiger partial charge is 0.461 e. The Morgan fingerprint density at radius 2 is 1.80 bits per heavy atom. The van der Waals surface area contributed by atoms with Crippen molar-refractivity contribution in [1.29, 1.82) is 0 Å². The van der Waals surface area contributed by atoms with E-state index in [1.807, 2.05) is 23.1 Å². The molecule has 4 nitrogen and oxygen atoms in total. The molecule has 4 heteroatoms. The monoisotopic (exact) mass is 336 g/mol. The number of furan rings is 1. The minimum absolute atomic E-state index is 0.0606. The molecule has 2 aliphatic rings. The number of hydrogen-bond acceptors (Lipinski definition) is 3. The lowest BCUT2D eigenvalue weighted by Gasteiger charge is -2.35. The molecule has 2 atom stereocenters. The van der Waals surface area contributed by atoms with E-state index in [0.717, 1.165) is 43.6 Å². The van der Waals surface area contributed by atoms with E-state index in [2.05, 4.69) is 36.1 Å². The topological polar surface area (TPSA) is 36.7 Å². The van der Waals surface area contributed by atoms with Crippen LogP contribution in [0.15, 0.2) is 53.0 Å². The highest BCUT2D eigenvalue weighted by atomic mass is 16.3. The highest BCUT2D eigenvalue weighted by molar-refractivity contribution is 5.91. The molecule has 0 N–H and O–H groups in total. The van der Waals surface area contributed by atoms with Crippen LogP contribution in [0, 0.1) is 5.92 Å². The van der Waals surface area contributed by atoms with Crippen molar-refractivity contribution in [2.24, 2.45) is 5.92 Å². The van der Waals surface area contributed by atoms with Gasteiger partial charge in [-0.25, -0.2) is 0 Å². The minimum atomic E-state index is 0.0606. The average Bonchev–Trinajstić information content (AvgIpc) is 3.20. The van der Waals surface area contributed by atoms with Gasteiger partial charge in [0.25, 0.3) is 0 Å². The van der Waals surface area contributed by atoms with Gasteiger partial charge in [-0.1, -0.05) is 25.1 Å². The third-order valence-corrected chi connectivity index (χ3v) is 5.23. The first-order chi connectivity index (χ1) is 12.2. The highest BCUT2D eigenvalue weighted by Crippen LogP contribution is 2.47. The molecule has 2 fully saturated rings. The maximum absolute atomic E-state index is 12.4. The summed E-state index contributed by atoms with van der Waals surface area (Å²) >= 11 is 0. The summed E-state index contributed by atoms with van der Waals surface area (Å²) in [7, 11) is 0. The number of amides is 1. The fraction of sp³-hybridized carbons (Fsp3) is 0.381. The summed E-state index contributed by atoms with van der Waals surface area (Å²) in [4.78, 5) is 16.6. The predicted molar refractivity (Wildman–Crippen MR) is 99.5 cm³/mol. The number of anilines is 1. The van der Waals surface area contributed by atoms with Crippen molar-refractivity contribution in [2.75, 3.05) is 31.1 Å². The highest BCUT2D eigenvalue weighted by Gasteiger charge is 2.36. The molecule has 0 radical (unpaired) electrons. The second kappa shape index (κ2) is 6.79. The molecule has 0 spiro atoms. The van der Waals surface area contributed by atoms with E-state index in [0.29, 0.717) is 5.92 Å². The molecule has 1 aliphatic heterocycles. The van der Waals surface area contributed by atoms with Gasteiger partial charge in [-0.05, 0) is 42.7 Å². The second-order valence-corrected chi connectivity index (χ2v) is 7.04. The molecule has 1 saturated carbocycles. The zero-order valence-electron chi connectivity index (χ0n) is 14.6. The molecule has 0 bridgehead atoms. The summed E-state index contributed by atoms with van der Waals surface area (Å²) in [5.41, 5.74) is 1.22. The van der Waals surface area contributed by atoms with E-state index in [4.69, 9.17) is 4.42 Å². The summed E-state index contributed by atoms with van der Waals surface area (Å²) < 4.78 is 5.82. The third kappa shape index (κ3) is 3.63. The maximum atomic E-state index is 12.4. The van der Waals surface area contributed by atoms with Gasteiger partial charge in [0.15, 0.2) is 0 Å². The van der Waals surface area contributed by atoms with Crippen LogP contribution in [-0.4, -0.2) is 37.0 Å². The summed E-state index contributed by atoms with van der Waals surface area (Å²) in [6, 6.07) is 14.4. The lowest BCUT2D eigenvalue weighted by Crippen LogP contribution is -2.48. The van der Waals surface area contributed by atoms with Crippen molar-refractivity contribution < 1.29 is 9.21 Å². The number of nitrogens with zero attached hydrogens (tertiary/aromatic N) is 2. The first-order valence-electron chi connectivity index (χ1n) is 9.07. The summed E-state index contributed by atoms with van der Waals surface area (Å²) in [6.45, 7) is 5.48. The average molecular weight is 336 g/mol. The number of carbonyl (C=O) groups is 1. The summed E-state index contributed by atoms with van der Waals surface area (Å²) in [6.07, 6.45) is 4.64. The van der Waals surface area contributed by atoms with Crippen LogP contribution in [-0.2, 0) is 4.79 Å². The Bertz CT molecular complexity index is 757. The van der Waals surface area contributed by atoms with Crippen molar-refractivity contribution >= 4 is 17.7 Å². The molecule has 1 amide bonds. The molecule has 1 aliphatic carbocycles. The van der Waals surface area contributed by atoms with Gasteiger partial charge in [0.05, 0.1) is 0 Å². The number of hydrogen-bond donors (Lipinski definition) is 0. The molecule has 1 saturated heterocycles. The third-order valence-electron chi connectivity index (χ3n) is 5.23. The lowest BCUT2D eigenvalue weighted by molar-refractivity contribution is -0.126. The summed E-state index contributed by atoms with van der Waals surface area (Å²) in [5, 5.41) is 0. The zero-order chi connectivity index (χ0) is 17.2. The van der Waals surface area contributed by atoms with Crippen molar-refractivity contribution in [3.05, 3.63) is 60.1 Å². The Hall–Kier alpha value is -2.49. The van der Waals surface area contributed by atoms with Crippen molar-refractivity contribution in [1.82, 2.24) is 4.90 Å². The number of benzene rings is 1. The molecule has 1 aromatic heterocycles. The van der Waals surface area contributed by atoms with E-state index < -0.39 is 0 Å². The smallest absolute Gasteiger partial charge is 0.246 e. The summed E-state index contributed by atoms with van der Waals surface area (Å²) in [5.74, 6) is 3.18. The molecular formula is C21H24N2O2. The van der Waals surface area contributed by atoms with Gasteiger partial charge >= 0.3 is 0 Å². The molecule has 2 heterocycles. The van der Waals surface area contributed by atoms with E-state index >= 15 is 0 Å². The van der Waals surface area contributed by atoms with Crippen molar-refractivity contribution in [3.63, 3.8) is 0 Å². The molecule has 1 aromatic carbocycles. The van der Waals surface area contributed by atoms with Gasteiger partial charge in [0.2, 0.25) is 5.91 Å². The van der Waals surface area contributed by atoms with Gasteiger partial charge in [-0.2, -0.15) is 0 Å². The quantitative estimate of drug-likeness (QED) is 0.798. The van der Waals surface area contributed by atoms with Crippen LogP contribution >= 0.6 is 0 Å². The van der Waals surface area contributed by atoms with Gasteiger partial charge in [-0.15, -0.1) is 0 Å². The van der Waals surface area contributed by atoms with Gasteiger partial charge in [0.1, 0.15) is 11.5 Å². The van der Waals surface area contributed by atoms with Crippen LogP contribution in [0.4, 0.5) is 5.69 Å². The van der Waals surface area contributed by atoms with Crippen LogP contribution < -0.4 is 4.90 Å². The van der Waals surface area contributed by atoms with Crippen LogP contribution in [0.1, 0.15) is 30.8 Å². The van der Waals surface area contributed by atoms with E-state index in [-0.39, 0.29) is 5.91 Å². The van der Waals surface area contributed by atoms with Crippen molar-refractivity contribution in [3.8, 4) is 0 Å². The minimum Gasteiger partial charge on any atom is -0.461 e. The standard InChI is InChI=1S/C21H24N2O2/c1-16-15-19(16)20-9-7-18(25-20)8-10-21(24)23-13-11-22(12-14-23)17-5-3-2-4-6-17/h2-10,16,19H,11-15H2,1H3/b10-8+/t16-,19-/m0/s1. The van der Waals surface area contributed by atoms with Crippen LogP contribution in [0.3, 0.4) is 0 Å². The Morgan fingerprint density at radius 3 is 2.48 bits per heavy atom. The Labute approximate surface area is 148 Å². The first-order valence-corrected chi connectivity index (χ1v) is 9.07. The van der Waals surface area contributed by atoms with Gasteiger partial charge < -0.3 is 14.2 Å². The molecule has 130 valence electrons. The fourth-order valence-electron chi connectivity index (χ4n) is 3.46. The Kier molecular flexibility index (Phi) is 4.35. The fourth-order valence-corrected chi connectivity index (χ4v) is 3.46. The molecule has 0 unspecified atom stereocenters. The normalized spacial score (nSPS) is 23.2. The SMILES string of the molecule is C[C@H]1C[C@@H]1c1ccc(/C=C/C(=O)N2CCN(c3ccccc3)CC2)o1. The maximum Gasteiger partial charge on any atom is 0.246 e. The van der Waals surface area contributed by atoms with Gasteiger partial charge in [0, 0.05) is 43.9 Å². The molecular weight excluding hydrogens is 312 g/mol. The number of carbonyl (C=O) groups excluding carboxylic acids is 1. The van der Waals surface area contributed by atoms with Crippen LogP contribution in [0.25, 0.3) is 6.08 Å². The molecule has 2 aromatic rings. The lowest BCUT2D eigenvalue weighted by atomic mass is 10.2. The van der Waals surface area contributed by atoms with E-state index in [1.54, 1.807) is 12.2 Å².